The van der Waals surface area contributed by atoms with Crippen molar-refractivity contribution in [2.45, 2.75) is 6.04 Å². The van der Waals surface area contributed by atoms with Crippen molar-refractivity contribution in [1.29, 1.82) is 0 Å². The molecule has 1 unspecified atom stereocenters. The molecule has 1 aromatic carbocycles. The number of hydrogen-bond acceptors (Lipinski definition) is 4. The molecular formula is C11H13FN2O2. The maximum Gasteiger partial charge on any atom is 0.169 e. The van der Waals surface area contributed by atoms with Crippen LogP contribution in [0, 0.1) is 5.82 Å². The van der Waals surface area contributed by atoms with E-state index in [-0.39, 0.29) is 17.4 Å². The Balaban J connectivity index is 2.42. The molecule has 86 valence electrons. The fourth-order valence-electron chi connectivity index (χ4n) is 1.60. The smallest absolute Gasteiger partial charge is 0.169 e. The number of methoxy groups -OCH3 is 1. The van der Waals surface area contributed by atoms with Gasteiger partial charge < -0.3 is 9.15 Å². The molecule has 0 aliphatic rings. The third-order valence-electron chi connectivity index (χ3n) is 2.39. The van der Waals surface area contributed by atoms with Crippen LogP contribution in [0.3, 0.4) is 0 Å². The van der Waals surface area contributed by atoms with Gasteiger partial charge in [-0.2, -0.15) is 0 Å². The first kappa shape index (κ1) is 11.1. The van der Waals surface area contributed by atoms with Gasteiger partial charge in [-0.25, -0.2) is 9.82 Å². The second kappa shape index (κ2) is 4.61. The Kier molecular flexibility index (Phi) is 3.19. The Hall–Kier alpha value is -1.43. The van der Waals surface area contributed by atoms with Crippen LogP contribution in [-0.4, -0.2) is 13.7 Å². The van der Waals surface area contributed by atoms with Crippen LogP contribution in [0.5, 0.6) is 0 Å². The Morgan fingerprint density at radius 1 is 1.56 bits per heavy atom. The predicted octanol–water partition coefficient (Wildman–Crippen LogP) is 1.72. The molecule has 0 fully saturated rings. The Bertz CT molecular complexity index is 484. The largest absolute Gasteiger partial charge is 0.456 e. The van der Waals surface area contributed by atoms with Gasteiger partial charge in [-0.05, 0) is 12.1 Å². The molecule has 16 heavy (non-hydrogen) atoms. The van der Waals surface area contributed by atoms with E-state index in [9.17, 15) is 4.39 Å². The van der Waals surface area contributed by atoms with Crippen LogP contribution in [-0.2, 0) is 4.74 Å². The van der Waals surface area contributed by atoms with E-state index in [4.69, 9.17) is 15.0 Å². The lowest BCUT2D eigenvalue weighted by Gasteiger charge is -2.10. The monoisotopic (exact) mass is 224 g/mol. The second-order valence-electron chi connectivity index (χ2n) is 3.48. The molecule has 0 saturated carbocycles. The number of hydrazine groups is 1. The molecule has 1 atom stereocenters. The van der Waals surface area contributed by atoms with Gasteiger partial charge in [0.15, 0.2) is 11.4 Å². The maximum atomic E-state index is 13.4. The highest BCUT2D eigenvalue weighted by molar-refractivity contribution is 5.78. The Morgan fingerprint density at radius 3 is 3.00 bits per heavy atom. The zero-order valence-corrected chi connectivity index (χ0v) is 8.87. The van der Waals surface area contributed by atoms with Crippen molar-refractivity contribution in [1.82, 2.24) is 5.43 Å². The lowest BCUT2D eigenvalue weighted by Crippen LogP contribution is -2.30. The van der Waals surface area contributed by atoms with E-state index in [0.717, 1.165) is 0 Å². The average Bonchev–Trinajstić information content (AvgIpc) is 2.71. The van der Waals surface area contributed by atoms with Crippen LogP contribution < -0.4 is 11.3 Å². The molecule has 4 nitrogen and oxygen atoms in total. The summed E-state index contributed by atoms with van der Waals surface area (Å²) in [5.74, 6) is 5.55. The number of ether oxygens (including phenoxy) is 1. The predicted molar refractivity (Wildman–Crippen MR) is 58.1 cm³/mol. The molecule has 2 aromatic rings. The lowest BCUT2D eigenvalue weighted by molar-refractivity contribution is 0.158. The minimum absolute atomic E-state index is 0.244. The van der Waals surface area contributed by atoms with Crippen LogP contribution in [0.2, 0.25) is 0 Å². The number of rotatable bonds is 4. The Morgan fingerprint density at radius 2 is 2.38 bits per heavy atom. The van der Waals surface area contributed by atoms with Crippen molar-refractivity contribution in [3.8, 4) is 0 Å². The van der Waals surface area contributed by atoms with Crippen LogP contribution in [0.25, 0.3) is 11.0 Å². The third-order valence-corrected chi connectivity index (χ3v) is 2.39. The number of halogens is 1. The lowest BCUT2D eigenvalue weighted by atomic mass is 10.2. The molecule has 5 heteroatoms. The number of furan rings is 1. The first-order valence-electron chi connectivity index (χ1n) is 4.89. The number of hydrogen-bond donors (Lipinski definition) is 2. The second-order valence-corrected chi connectivity index (χ2v) is 3.48. The molecule has 1 heterocycles. The average molecular weight is 224 g/mol. The summed E-state index contributed by atoms with van der Waals surface area (Å²) in [5, 5.41) is 0.714. The van der Waals surface area contributed by atoms with E-state index in [1.165, 1.54) is 6.07 Å². The SMILES string of the molecule is COCC(NN)c1cc2cccc(F)c2o1. The molecule has 2 rings (SSSR count). The first-order chi connectivity index (χ1) is 7.76. The summed E-state index contributed by atoms with van der Waals surface area (Å²) >= 11 is 0. The van der Waals surface area contributed by atoms with Crippen LogP contribution in [0.15, 0.2) is 28.7 Å². The summed E-state index contributed by atoms with van der Waals surface area (Å²) in [7, 11) is 1.56. The van der Waals surface area contributed by atoms with Gasteiger partial charge in [0.2, 0.25) is 0 Å². The van der Waals surface area contributed by atoms with E-state index in [2.05, 4.69) is 5.43 Å². The molecule has 0 bridgehead atoms. The molecule has 0 aliphatic carbocycles. The Labute approximate surface area is 92.1 Å². The van der Waals surface area contributed by atoms with E-state index in [1.807, 2.05) is 0 Å². The van der Waals surface area contributed by atoms with E-state index in [1.54, 1.807) is 25.3 Å². The molecule has 0 saturated heterocycles. The zero-order chi connectivity index (χ0) is 11.5. The van der Waals surface area contributed by atoms with Crippen molar-refractivity contribution in [2.75, 3.05) is 13.7 Å². The van der Waals surface area contributed by atoms with Gasteiger partial charge in [0, 0.05) is 12.5 Å². The highest BCUT2D eigenvalue weighted by Crippen LogP contribution is 2.25. The standard InChI is InChI=1S/C11H13FN2O2/c1-15-6-9(14-13)10-5-7-3-2-4-8(12)11(7)16-10/h2-5,9,14H,6,13H2,1H3. The number of fused-ring (bicyclic) bond motifs is 1. The van der Waals surface area contributed by atoms with Gasteiger partial charge in [-0.3, -0.25) is 5.84 Å². The quantitative estimate of drug-likeness (QED) is 0.613. The van der Waals surface area contributed by atoms with Gasteiger partial charge in [-0.15, -0.1) is 0 Å². The van der Waals surface area contributed by atoms with Crippen LogP contribution in [0.4, 0.5) is 4.39 Å². The highest BCUT2D eigenvalue weighted by Gasteiger charge is 2.16. The van der Waals surface area contributed by atoms with Crippen molar-refractivity contribution < 1.29 is 13.5 Å². The number of para-hydroxylation sites is 1. The summed E-state index contributed by atoms with van der Waals surface area (Å²) in [6, 6.07) is 6.25. The molecule has 0 spiro atoms. The zero-order valence-electron chi connectivity index (χ0n) is 8.87. The fourth-order valence-corrected chi connectivity index (χ4v) is 1.60. The molecular weight excluding hydrogens is 211 g/mol. The molecule has 1 aromatic heterocycles. The number of benzene rings is 1. The van der Waals surface area contributed by atoms with Crippen LogP contribution >= 0.6 is 0 Å². The normalized spacial score (nSPS) is 13.2. The van der Waals surface area contributed by atoms with Gasteiger partial charge in [0.1, 0.15) is 11.8 Å². The maximum absolute atomic E-state index is 13.4. The molecule has 0 amide bonds. The van der Waals surface area contributed by atoms with Gasteiger partial charge in [0.25, 0.3) is 0 Å². The minimum atomic E-state index is -0.378. The van der Waals surface area contributed by atoms with Crippen molar-refractivity contribution in [2.24, 2.45) is 5.84 Å². The van der Waals surface area contributed by atoms with Crippen molar-refractivity contribution in [3.63, 3.8) is 0 Å². The van der Waals surface area contributed by atoms with Gasteiger partial charge in [0.05, 0.1) is 6.61 Å². The third kappa shape index (κ3) is 1.92. The highest BCUT2D eigenvalue weighted by atomic mass is 19.1. The summed E-state index contributed by atoms with van der Waals surface area (Å²) in [6.07, 6.45) is 0. The number of nitrogens with one attached hydrogen (secondary N) is 1. The molecule has 0 radical (unpaired) electrons. The number of nitrogens with two attached hydrogens (primary N) is 1. The van der Waals surface area contributed by atoms with E-state index in [0.29, 0.717) is 17.8 Å². The van der Waals surface area contributed by atoms with Gasteiger partial charge >= 0.3 is 0 Å². The summed E-state index contributed by atoms with van der Waals surface area (Å²) in [6.45, 7) is 0.359. The summed E-state index contributed by atoms with van der Waals surface area (Å²) in [4.78, 5) is 0. The fraction of sp³-hybridized carbons (Fsp3) is 0.273. The minimum Gasteiger partial charge on any atom is -0.456 e. The first-order valence-corrected chi connectivity index (χ1v) is 4.89. The molecule has 0 aliphatic heterocycles. The topological polar surface area (TPSA) is 60.4 Å². The summed E-state index contributed by atoms with van der Waals surface area (Å²) < 4.78 is 23.8. The van der Waals surface area contributed by atoms with Crippen molar-refractivity contribution in [3.05, 3.63) is 35.8 Å². The van der Waals surface area contributed by atoms with Gasteiger partial charge in [-0.1, -0.05) is 12.1 Å². The van der Waals surface area contributed by atoms with Crippen molar-refractivity contribution >= 4 is 11.0 Å². The van der Waals surface area contributed by atoms with Crippen LogP contribution in [0.1, 0.15) is 11.8 Å². The molecule has 3 N–H and O–H groups in total. The summed E-state index contributed by atoms with van der Waals surface area (Å²) in [5.41, 5.74) is 2.80. The van der Waals surface area contributed by atoms with E-state index >= 15 is 0 Å². The van der Waals surface area contributed by atoms with E-state index < -0.39 is 0 Å².